The summed E-state index contributed by atoms with van der Waals surface area (Å²) in [5.74, 6) is 1.90. The summed E-state index contributed by atoms with van der Waals surface area (Å²) in [6.45, 7) is 3.44. The summed E-state index contributed by atoms with van der Waals surface area (Å²) < 4.78 is 0. The Bertz CT molecular complexity index is 1140. The third-order valence-corrected chi connectivity index (χ3v) is 6.39. The zero-order valence-corrected chi connectivity index (χ0v) is 17.8. The van der Waals surface area contributed by atoms with Crippen molar-refractivity contribution in [2.45, 2.75) is 0 Å². The number of piperazine rings is 1. The molecule has 5 nitrogen and oxygen atoms in total. The second-order valence-electron chi connectivity index (χ2n) is 6.81. The molecule has 0 radical (unpaired) electrons. The Kier molecular flexibility index (Phi) is 4.99. The molecule has 1 fully saturated rings. The number of thiophene rings is 1. The van der Waals surface area contributed by atoms with E-state index in [1.807, 2.05) is 48.7 Å². The van der Waals surface area contributed by atoms with Gasteiger partial charge in [-0.3, -0.25) is 0 Å². The summed E-state index contributed by atoms with van der Waals surface area (Å²) in [7, 11) is 0. The van der Waals surface area contributed by atoms with E-state index in [4.69, 9.17) is 23.2 Å². The number of fused-ring (bicyclic) bond motifs is 1. The van der Waals surface area contributed by atoms with Crippen LogP contribution in [0.4, 0.5) is 11.6 Å². The first kappa shape index (κ1) is 18.6. The number of rotatable bonds is 3. The Labute approximate surface area is 182 Å². The molecule has 0 bridgehead atoms. The van der Waals surface area contributed by atoms with Crippen LogP contribution in [-0.4, -0.2) is 41.1 Å². The van der Waals surface area contributed by atoms with Gasteiger partial charge >= 0.3 is 0 Å². The average Bonchev–Trinajstić information content (AvgIpc) is 3.18. The molecule has 1 saturated heterocycles. The minimum atomic E-state index is 0.282. The molecule has 146 valence electrons. The second kappa shape index (κ2) is 7.78. The van der Waals surface area contributed by atoms with Crippen molar-refractivity contribution in [1.29, 1.82) is 0 Å². The number of hydrogen-bond acceptors (Lipinski definition) is 6. The first-order valence-electron chi connectivity index (χ1n) is 9.30. The van der Waals surface area contributed by atoms with Crippen LogP contribution in [-0.2, 0) is 0 Å². The summed E-state index contributed by atoms with van der Waals surface area (Å²) in [4.78, 5) is 19.0. The van der Waals surface area contributed by atoms with Crippen molar-refractivity contribution in [2.75, 3.05) is 36.0 Å². The molecular weight excluding hydrogens is 425 g/mol. The molecule has 0 aliphatic carbocycles. The van der Waals surface area contributed by atoms with Gasteiger partial charge < -0.3 is 9.80 Å². The van der Waals surface area contributed by atoms with Crippen LogP contribution in [0, 0.1) is 0 Å². The van der Waals surface area contributed by atoms with Crippen molar-refractivity contribution in [3.63, 3.8) is 0 Å². The van der Waals surface area contributed by atoms with E-state index in [1.54, 1.807) is 11.3 Å². The third-order valence-electron chi connectivity index (χ3n) is 5.09. The highest BCUT2D eigenvalue weighted by atomic mass is 35.5. The van der Waals surface area contributed by atoms with Crippen molar-refractivity contribution in [2.24, 2.45) is 0 Å². The van der Waals surface area contributed by atoms with Gasteiger partial charge in [0.25, 0.3) is 0 Å². The quantitative estimate of drug-likeness (QED) is 0.399. The Morgan fingerprint density at radius 2 is 1.62 bits per heavy atom. The maximum atomic E-state index is 6.26. The SMILES string of the molecule is Clc1ccc(-c2csc3nc(Cl)nc(N4CCN(c5ccccn5)CC4)c23)cc1. The smallest absolute Gasteiger partial charge is 0.225 e. The highest BCUT2D eigenvalue weighted by molar-refractivity contribution is 7.17. The average molecular weight is 442 g/mol. The van der Waals surface area contributed by atoms with Gasteiger partial charge in [-0.25, -0.2) is 9.97 Å². The molecule has 3 aromatic heterocycles. The Morgan fingerprint density at radius 3 is 2.34 bits per heavy atom. The van der Waals surface area contributed by atoms with E-state index >= 15 is 0 Å². The van der Waals surface area contributed by atoms with E-state index in [-0.39, 0.29) is 5.28 Å². The largest absolute Gasteiger partial charge is 0.353 e. The Morgan fingerprint density at radius 1 is 0.862 bits per heavy atom. The van der Waals surface area contributed by atoms with Crippen LogP contribution in [0.1, 0.15) is 0 Å². The number of nitrogens with zero attached hydrogens (tertiary/aromatic N) is 5. The molecule has 0 amide bonds. The predicted octanol–water partition coefficient (Wildman–Crippen LogP) is 5.39. The zero-order valence-electron chi connectivity index (χ0n) is 15.4. The van der Waals surface area contributed by atoms with Crippen molar-refractivity contribution in [3.8, 4) is 11.1 Å². The van der Waals surface area contributed by atoms with Gasteiger partial charge in [-0.05, 0) is 41.4 Å². The molecule has 1 aliphatic rings. The monoisotopic (exact) mass is 441 g/mol. The summed E-state index contributed by atoms with van der Waals surface area (Å²) in [6.07, 6.45) is 1.83. The molecule has 5 rings (SSSR count). The van der Waals surface area contributed by atoms with Crippen molar-refractivity contribution >= 4 is 56.4 Å². The summed E-state index contributed by atoms with van der Waals surface area (Å²) in [5, 5.41) is 4.17. The minimum Gasteiger partial charge on any atom is -0.353 e. The van der Waals surface area contributed by atoms with E-state index in [1.165, 1.54) is 0 Å². The Balaban J connectivity index is 1.50. The van der Waals surface area contributed by atoms with Gasteiger partial charge in [-0.1, -0.05) is 29.8 Å². The van der Waals surface area contributed by atoms with E-state index in [2.05, 4.69) is 30.1 Å². The fraction of sp³-hybridized carbons (Fsp3) is 0.190. The highest BCUT2D eigenvalue weighted by Gasteiger charge is 2.24. The predicted molar refractivity (Wildman–Crippen MR) is 122 cm³/mol. The lowest BCUT2D eigenvalue weighted by atomic mass is 10.1. The molecule has 1 aliphatic heterocycles. The highest BCUT2D eigenvalue weighted by Crippen LogP contribution is 2.39. The van der Waals surface area contributed by atoms with Crippen molar-refractivity contribution < 1.29 is 0 Å². The maximum absolute atomic E-state index is 6.26. The number of pyridine rings is 1. The fourth-order valence-corrected chi connectivity index (χ4v) is 4.94. The van der Waals surface area contributed by atoms with E-state index in [9.17, 15) is 0 Å². The lowest BCUT2D eigenvalue weighted by molar-refractivity contribution is 0.643. The topological polar surface area (TPSA) is 45.2 Å². The number of hydrogen-bond donors (Lipinski definition) is 0. The van der Waals surface area contributed by atoms with E-state index in [0.29, 0.717) is 0 Å². The van der Waals surface area contributed by atoms with Gasteiger partial charge in [-0.2, -0.15) is 4.98 Å². The van der Waals surface area contributed by atoms with Gasteiger partial charge in [0.1, 0.15) is 16.5 Å². The van der Waals surface area contributed by atoms with Crippen LogP contribution in [0.5, 0.6) is 0 Å². The first-order valence-corrected chi connectivity index (χ1v) is 10.9. The van der Waals surface area contributed by atoms with Gasteiger partial charge in [0.05, 0.1) is 5.39 Å². The number of benzene rings is 1. The van der Waals surface area contributed by atoms with Gasteiger partial charge in [0.15, 0.2) is 0 Å². The maximum Gasteiger partial charge on any atom is 0.225 e. The molecule has 0 spiro atoms. The van der Waals surface area contributed by atoms with E-state index < -0.39 is 0 Å². The van der Waals surface area contributed by atoms with Crippen LogP contribution in [0.3, 0.4) is 0 Å². The lowest BCUT2D eigenvalue weighted by Crippen LogP contribution is -2.47. The first-order chi connectivity index (χ1) is 14.2. The van der Waals surface area contributed by atoms with Gasteiger partial charge in [-0.15, -0.1) is 11.3 Å². The molecule has 0 atom stereocenters. The van der Waals surface area contributed by atoms with Crippen molar-refractivity contribution in [3.05, 3.63) is 64.3 Å². The van der Waals surface area contributed by atoms with Crippen LogP contribution in [0.2, 0.25) is 10.3 Å². The van der Waals surface area contributed by atoms with Crippen LogP contribution < -0.4 is 9.80 Å². The number of halogens is 2. The van der Waals surface area contributed by atoms with Gasteiger partial charge in [0.2, 0.25) is 5.28 Å². The molecule has 8 heteroatoms. The van der Waals surface area contributed by atoms with Crippen LogP contribution in [0.15, 0.2) is 54.0 Å². The minimum absolute atomic E-state index is 0.282. The molecule has 1 aromatic carbocycles. The van der Waals surface area contributed by atoms with Gasteiger partial charge in [0, 0.05) is 48.3 Å². The molecule has 0 unspecified atom stereocenters. The molecule has 0 saturated carbocycles. The molecule has 4 heterocycles. The Hall–Kier alpha value is -2.41. The second-order valence-corrected chi connectivity index (χ2v) is 8.45. The lowest BCUT2D eigenvalue weighted by Gasteiger charge is -2.36. The molecule has 29 heavy (non-hydrogen) atoms. The molecular formula is C21H17Cl2N5S. The normalized spacial score (nSPS) is 14.6. The third kappa shape index (κ3) is 3.64. The van der Waals surface area contributed by atoms with Crippen molar-refractivity contribution in [1.82, 2.24) is 15.0 Å². The molecule has 4 aromatic rings. The summed E-state index contributed by atoms with van der Waals surface area (Å²) >= 11 is 13.9. The summed E-state index contributed by atoms with van der Waals surface area (Å²) in [5.41, 5.74) is 2.21. The van der Waals surface area contributed by atoms with Crippen LogP contribution in [0.25, 0.3) is 21.3 Å². The fourth-order valence-electron chi connectivity index (χ4n) is 3.66. The summed E-state index contributed by atoms with van der Waals surface area (Å²) in [6, 6.07) is 13.9. The molecule has 0 N–H and O–H groups in total. The van der Waals surface area contributed by atoms with E-state index in [0.717, 1.165) is 64.2 Å². The number of anilines is 2. The van der Waals surface area contributed by atoms with Crippen LogP contribution >= 0.6 is 34.5 Å². The number of aromatic nitrogens is 3. The standard InChI is InChI=1S/C21H17Cl2N5S/c22-15-6-4-14(5-7-15)16-13-29-20-18(16)19(25-21(23)26-20)28-11-9-27(10-12-28)17-3-1-2-8-24-17/h1-8,13H,9-12H2. The zero-order chi connectivity index (χ0) is 19.8.